The minimum atomic E-state index is -0.107. The lowest BCUT2D eigenvalue weighted by molar-refractivity contribution is -0.140. The van der Waals surface area contributed by atoms with E-state index in [2.05, 4.69) is 39.9 Å². The number of allylic oxidation sites excluding steroid dienone is 2. The average molecular weight is 564 g/mol. The zero-order valence-corrected chi connectivity index (χ0v) is 21.6. The second-order valence-electron chi connectivity index (χ2n) is 9.51. The van der Waals surface area contributed by atoms with E-state index in [4.69, 9.17) is 4.74 Å². The van der Waals surface area contributed by atoms with Crippen LogP contribution in [-0.4, -0.2) is 56.5 Å². The topological polar surface area (TPSA) is 83.0 Å². The van der Waals surface area contributed by atoms with Gasteiger partial charge in [-0.2, -0.15) is 0 Å². The summed E-state index contributed by atoms with van der Waals surface area (Å²) >= 11 is 0. The molecule has 1 heterocycles. The molecule has 1 aliphatic heterocycles. The van der Waals surface area contributed by atoms with Gasteiger partial charge in [0.25, 0.3) is 0 Å². The van der Waals surface area contributed by atoms with Gasteiger partial charge in [-0.3, -0.25) is 19.5 Å². The number of hydrogen-bond acceptors (Lipinski definition) is 4. The molecule has 1 aromatic carbocycles. The number of rotatable bonds is 8. The molecule has 3 fully saturated rings. The lowest BCUT2D eigenvalue weighted by Gasteiger charge is -2.21. The van der Waals surface area contributed by atoms with Crippen LogP contribution in [0.15, 0.2) is 41.4 Å². The summed E-state index contributed by atoms with van der Waals surface area (Å²) in [6.45, 7) is 1.91. The van der Waals surface area contributed by atoms with Crippen LogP contribution in [0.3, 0.4) is 0 Å². The summed E-state index contributed by atoms with van der Waals surface area (Å²) in [4.78, 5) is 31.4. The lowest BCUT2D eigenvalue weighted by atomic mass is 9.85. The van der Waals surface area contributed by atoms with Crippen molar-refractivity contribution in [2.75, 3.05) is 33.8 Å². The molecular formula is C25H33IN4O3. The SMILES string of the molecule is CN=C(NCCCN1C(=O)C2C3C=CC(C3)C2C1=O)NCC1(c2ccccc2OC)CC1.I. The van der Waals surface area contributed by atoms with Gasteiger partial charge >= 0.3 is 0 Å². The molecule has 4 atom stereocenters. The summed E-state index contributed by atoms with van der Waals surface area (Å²) in [5, 5.41) is 6.78. The van der Waals surface area contributed by atoms with Gasteiger partial charge in [-0.15, -0.1) is 24.0 Å². The zero-order chi connectivity index (χ0) is 22.3. The van der Waals surface area contributed by atoms with E-state index in [0.717, 1.165) is 37.5 Å². The largest absolute Gasteiger partial charge is 0.496 e. The normalized spacial score (nSPS) is 28.5. The number of nitrogens with one attached hydrogen (secondary N) is 2. The van der Waals surface area contributed by atoms with Crippen molar-refractivity contribution in [2.24, 2.45) is 28.7 Å². The van der Waals surface area contributed by atoms with Gasteiger partial charge in [0.05, 0.1) is 18.9 Å². The number of methoxy groups -OCH3 is 1. The number of carbonyl (C=O) groups is 2. The molecule has 4 unspecified atom stereocenters. The zero-order valence-electron chi connectivity index (χ0n) is 19.3. The first-order chi connectivity index (χ1) is 15.6. The number of amides is 2. The lowest BCUT2D eigenvalue weighted by Crippen LogP contribution is -2.42. The van der Waals surface area contributed by atoms with E-state index in [9.17, 15) is 9.59 Å². The molecule has 1 saturated heterocycles. The third-order valence-electron chi connectivity index (χ3n) is 7.76. The van der Waals surface area contributed by atoms with Crippen molar-refractivity contribution in [1.82, 2.24) is 15.5 Å². The smallest absolute Gasteiger partial charge is 0.233 e. The van der Waals surface area contributed by atoms with Gasteiger partial charge in [-0.25, -0.2) is 0 Å². The summed E-state index contributed by atoms with van der Waals surface area (Å²) < 4.78 is 5.56. The molecule has 7 nitrogen and oxygen atoms in total. The molecule has 4 aliphatic rings. The third-order valence-corrected chi connectivity index (χ3v) is 7.76. The number of likely N-dealkylation sites (tertiary alicyclic amines) is 1. The number of aliphatic imine (C=N–C) groups is 1. The van der Waals surface area contributed by atoms with Crippen molar-refractivity contribution in [1.29, 1.82) is 0 Å². The van der Waals surface area contributed by atoms with Crippen LogP contribution < -0.4 is 15.4 Å². The maximum absolute atomic E-state index is 12.8. The molecule has 3 aliphatic carbocycles. The Morgan fingerprint density at radius 1 is 1.12 bits per heavy atom. The van der Waals surface area contributed by atoms with Gasteiger partial charge < -0.3 is 15.4 Å². The molecule has 2 amide bonds. The number of carbonyl (C=O) groups excluding carboxylic acids is 2. The predicted octanol–water partition coefficient (Wildman–Crippen LogP) is 2.71. The van der Waals surface area contributed by atoms with Crippen LogP contribution in [0.2, 0.25) is 0 Å². The highest BCUT2D eigenvalue weighted by atomic mass is 127. The van der Waals surface area contributed by atoms with Crippen molar-refractivity contribution in [3.63, 3.8) is 0 Å². The van der Waals surface area contributed by atoms with Gasteiger partial charge in [0, 0.05) is 37.7 Å². The molecule has 2 saturated carbocycles. The van der Waals surface area contributed by atoms with E-state index >= 15 is 0 Å². The van der Waals surface area contributed by atoms with Crippen molar-refractivity contribution in [3.05, 3.63) is 42.0 Å². The summed E-state index contributed by atoms with van der Waals surface area (Å²) in [6, 6.07) is 8.21. The van der Waals surface area contributed by atoms with E-state index in [-0.39, 0.29) is 64.9 Å². The summed E-state index contributed by atoms with van der Waals surface area (Å²) in [7, 11) is 3.47. The van der Waals surface area contributed by atoms with Crippen molar-refractivity contribution in [3.8, 4) is 5.75 Å². The van der Waals surface area contributed by atoms with Gasteiger partial charge in [-0.1, -0.05) is 30.4 Å². The van der Waals surface area contributed by atoms with Crippen LogP contribution in [0, 0.1) is 23.7 Å². The molecule has 33 heavy (non-hydrogen) atoms. The predicted molar refractivity (Wildman–Crippen MR) is 138 cm³/mol. The van der Waals surface area contributed by atoms with Crippen LogP contribution >= 0.6 is 24.0 Å². The highest BCUT2D eigenvalue weighted by Crippen LogP contribution is 2.52. The number of fused-ring (bicyclic) bond motifs is 5. The molecule has 8 heteroatoms. The molecule has 2 bridgehead atoms. The molecule has 5 rings (SSSR count). The number of nitrogens with zero attached hydrogens (tertiary/aromatic N) is 2. The number of guanidine groups is 1. The van der Waals surface area contributed by atoms with E-state index in [0.29, 0.717) is 19.5 Å². The minimum absolute atomic E-state index is 0. The monoisotopic (exact) mass is 564 g/mol. The molecule has 2 N–H and O–H groups in total. The molecular weight excluding hydrogens is 531 g/mol. The number of ether oxygens (including phenoxy) is 1. The molecule has 1 aromatic rings. The van der Waals surface area contributed by atoms with Crippen LogP contribution in [-0.2, 0) is 15.0 Å². The van der Waals surface area contributed by atoms with Crippen molar-refractivity contribution in [2.45, 2.75) is 31.1 Å². The number of benzene rings is 1. The Labute approximate surface area is 212 Å². The quantitative estimate of drug-likeness (QED) is 0.127. The Morgan fingerprint density at radius 3 is 2.39 bits per heavy atom. The second-order valence-corrected chi connectivity index (χ2v) is 9.51. The van der Waals surface area contributed by atoms with E-state index in [1.165, 1.54) is 10.5 Å². The Morgan fingerprint density at radius 2 is 1.79 bits per heavy atom. The van der Waals surface area contributed by atoms with E-state index in [1.54, 1.807) is 14.2 Å². The van der Waals surface area contributed by atoms with Crippen LogP contribution in [0.25, 0.3) is 0 Å². The number of halogens is 1. The number of imide groups is 1. The average Bonchev–Trinajstić information content (AvgIpc) is 3.19. The van der Waals surface area contributed by atoms with Gasteiger partial charge in [0.15, 0.2) is 5.96 Å². The first-order valence-electron chi connectivity index (χ1n) is 11.7. The Balaban J connectivity index is 0.00000259. The van der Waals surface area contributed by atoms with Crippen molar-refractivity contribution < 1.29 is 14.3 Å². The number of hydrogen-bond donors (Lipinski definition) is 2. The first kappa shape index (κ1) is 24.0. The maximum atomic E-state index is 12.8. The van der Waals surface area contributed by atoms with Gasteiger partial charge in [-0.05, 0) is 43.6 Å². The minimum Gasteiger partial charge on any atom is -0.496 e. The van der Waals surface area contributed by atoms with Crippen LogP contribution in [0.1, 0.15) is 31.2 Å². The second kappa shape index (κ2) is 9.64. The van der Waals surface area contributed by atoms with Crippen LogP contribution in [0.5, 0.6) is 5.75 Å². The van der Waals surface area contributed by atoms with E-state index < -0.39 is 0 Å². The Hall–Kier alpha value is -2.10. The third kappa shape index (κ3) is 4.26. The fraction of sp³-hybridized carbons (Fsp3) is 0.560. The highest BCUT2D eigenvalue weighted by molar-refractivity contribution is 14.0. The molecule has 0 aromatic heterocycles. The first-order valence-corrected chi connectivity index (χ1v) is 11.7. The molecule has 0 radical (unpaired) electrons. The summed E-state index contributed by atoms with van der Waals surface area (Å²) in [6.07, 6.45) is 8.19. The Kier molecular flexibility index (Phi) is 7.02. The van der Waals surface area contributed by atoms with Crippen molar-refractivity contribution >= 4 is 41.8 Å². The van der Waals surface area contributed by atoms with Gasteiger partial charge in [0.1, 0.15) is 5.75 Å². The Bertz CT molecular complexity index is 944. The van der Waals surface area contributed by atoms with Gasteiger partial charge in [0.2, 0.25) is 11.8 Å². The summed E-state index contributed by atoms with van der Waals surface area (Å²) in [5.41, 5.74) is 1.33. The van der Waals surface area contributed by atoms with E-state index in [1.807, 2.05) is 12.1 Å². The fourth-order valence-electron chi connectivity index (χ4n) is 5.88. The standard InChI is InChI=1S/C25H32N4O3.HI/c1-26-24(28-15-25(10-11-25)18-6-3-4-7-19(18)32-2)27-12-5-13-29-22(30)20-16-8-9-17(14-16)21(20)23(29)31;/h3-4,6-9,16-17,20-21H,5,10-15H2,1-2H3,(H2,26,27,28);1H. The number of para-hydroxylation sites is 1. The summed E-state index contributed by atoms with van der Waals surface area (Å²) in [5.74, 6) is 2.07. The molecule has 0 spiro atoms. The highest BCUT2D eigenvalue weighted by Gasteiger charge is 2.58. The van der Waals surface area contributed by atoms with Crippen LogP contribution in [0.4, 0.5) is 0 Å². The maximum Gasteiger partial charge on any atom is 0.233 e. The molecule has 178 valence electrons. The fourth-order valence-corrected chi connectivity index (χ4v) is 5.88.